The lowest BCUT2D eigenvalue weighted by Crippen LogP contribution is -1.99. The van der Waals surface area contributed by atoms with E-state index in [1.807, 2.05) is 36.4 Å². The maximum Gasteiger partial charge on any atom is 0.236 e. The number of aromatic nitrogens is 1. The minimum Gasteiger partial charge on any atom is -0.484 e. The molecular formula is C18H14ClN3O2. The van der Waals surface area contributed by atoms with Crippen molar-refractivity contribution in [2.75, 3.05) is 5.32 Å². The van der Waals surface area contributed by atoms with Crippen LogP contribution < -0.4 is 10.1 Å². The minimum absolute atomic E-state index is 0.113. The Balaban J connectivity index is 1.65. The summed E-state index contributed by atoms with van der Waals surface area (Å²) in [6.45, 7) is 0.654. The number of nitriles is 1. The Morgan fingerprint density at radius 3 is 2.75 bits per heavy atom. The molecule has 0 radical (unpaired) electrons. The normalized spacial score (nSPS) is 10.2. The molecule has 3 rings (SSSR count). The summed E-state index contributed by atoms with van der Waals surface area (Å²) in [5.41, 5.74) is 1.28. The molecule has 24 heavy (non-hydrogen) atoms. The van der Waals surface area contributed by atoms with E-state index in [0.29, 0.717) is 29.1 Å². The van der Waals surface area contributed by atoms with Crippen LogP contribution in [0.2, 0.25) is 5.02 Å². The molecule has 5 nitrogen and oxygen atoms in total. The molecule has 6 heteroatoms. The molecule has 2 aromatic carbocycles. The number of hydrogen-bond donors (Lipinski definition) is 1. The lowest BCUT2D eigenvalue weighted by atomic mass is 10.2. The van der Waals surface area contributed by atoms with Crippen molar-refractivity contribution in [2.45, 2.75) is 13.2 Å². The summed E-state index contributed by atoms with van der Waals surface area (Å²) in [6.07, 6.45) is 0. The van der Waals surface area contributed by atoms with Crippen molar-refractivity contribution in [3.8, 4) is 11.8 Å². The van der Waals surface area contributed by atoms with Gasteiger partial charge in [-0.25, -0.2) is 0 Å². The fourth-order valence-electron chi connectivity index (χ4n) is 2.10. The summed E-state index contributed by atoms with van der Waals surface area (Å²) < 4.78 is 11.1. The minimum atomic E-state index is 0.113. The van der Waals surface area contributed by atoms with Gasteiger partial charge in [-0.2, -0.15) is 10.2 Å². The van der Waals surface area contributed by atoms with Crippen molar-refractivity contribution in [2.24, 2.45) is 0 Å². The highest BCUT2D eigenvalue weighted by Gasteiger charge is 2.13. The van der Waals surface area contributed by atoms with Crippen molar-refractivity contribution in [3.05, 3.63) is 76.8 Å². The van der Waals surface area contributed by atoms with Crippen LogP contribution in [0.3, 0.4) is 0 Å². The van der Waals surface area contributed by atoms with Gasteiger partial charge in [-0.3, -0.25) is 0 Å². The maximum atomic E-state index is 9.18. The van der Waals surface area contributed by atoms with Crippen LogP contribution in [0.1, 0.15) is 17.1 Å². The monoisotopic (exact) mass is 339 g/mol. The first-order valence-corrected chi connectivity index (χ1v) is 7.68. The number of hydrogen-bond acceptors (Lipinski definition) is 5. The van der Waals surface area contributed by atoms with Crippen LogP contribution >= 0.6 is 11.6 Å². The van der Waals surface area contributed by atoms with Crippen molar-refractivity contribution < 1.29 is 9.15 Å². The number of nitrogens with one attached hydrogen (secondary N) is 1. The molecule has 0 saturated heterocycles. The van der Waals surface area contributed by atoms with Crippen LogP contribution in [-0.4, -0.2) is 4.98 Å². The molecule has 0 saturated carbocycles. The van der Waals surface area contributed by atoms with Crippen molar-refractivity contribution >= 4 is 17.5 Å². The summed E-state index contributed by atoms with van der Waals surface area (Å²) in [5, 5.41) is 12.8. The summed E-state index contributed by atoms with van der Waals surface area (Å²) in [7, 11) is 0. The third-order valence-corrected chi connectivity index (χ3v) is 3.47. The van der Waals surface area contributed by atoms with Crippen LogP contribution in [0.4, 0.5) is 5.88 Å². The smallest absolute Gasteiger partial charge is 0.236 e. The van der Waals surface area contributed by atoms with E-state index in [9.17, 15) is 5.26 Å². The lowest BCUT2D eigenvalue weighted by Gasteiger charge is -2.04. The predicted molar refractivity (Wildman–Crippen MR) is 90.8 cm³/mol. The zero-order valence-electron chi connectivity index (χ0n) is 12.7. The first-order chi connectivity index (χ1) is 11.7. The first kappa shape index (κ1) is 15.9. The summed E-state index contributed by atoms with van der Waals surface area (Å²) in [6, 6.07) is 18.9. The fraction of sp³-hybridized carbons (Fsp3) is 0.111. The molecule has 0 aliphatic rings. The van der Waals surface area contributed by atoms with Crippen LogP contribution in [-0.2, 0) is 13.2 Å². The van der Waals surface area contributed by atoms with Crippen molar-refractivity contribution in [3.63, 3.8) is 0 Å². The molecule has 0 fully saturated rings. The molecule has 0 unspecified atom stereocenters. The molecule has 1 aromatic heterocycles. The standard InChI is InChI=1S/C18H14ClN3O2/c19-14-7-4-8-15(9-14)23-12-17-22-16(10-20)18(24-17)21-11-13-5-2-1-3-6-13/h1-9,21H,11-12H2. The Morgan fingerprint density at radius 2 is 2.00 bits per heavy atom. The van der Waals surface area contributed by atoms with Gasteiger partial charge in [-0.15, -0.1) is 0 Å². The van der Waals surface area contributed by atoms with Gasteiger partial charge in [-0.1, -0.05) is 48.0 Å². The Morgan fingerprint density at radius 1 is 1.17 bits per heavy atom. The average Bonchev–Trinajstić information content (AvgIpc) is 3.01. The van der Waals surface area contributed by atoms with Gasteiger partial charge in [0.05, 0.1) is 0 Å². The second kappa shape index (κ2) is 7.53. The highest BCUT2D eigenvalue weighted by Crippen LogP contribution is 2.21. The predicted octanol–water partition coefficient (Wildman–Crippen LogP) is 4.39. The van der Waals surface area contributed by atoms with Gasteiger partial charge < -0.3 is 14.5 Å². The van der Waals surface area contributed by atoms with Gasteiger partial charge in [0.25, 0.3) is 0 Å². The van der Waals surface area contributed by atoms with E-state index < -0.39 is 0 Å². The molecule has 3 aromatic rings. The van der Waals surface area contributed by atoms with E-state index in [2.05, 4.69) is 10.3 Å². The summed E-state index contributed by atoms with van der Waals surface area (Å²) in [4.78, 5) is 4.13. The highest BCUT2D eigenvalue weighted by molar-refractivity contribution is 6.30. The lowest BCUT2D eigenvalue weighted by molar-refractivity contribution is 0.265. The number of oxazole rings is 1. The number of nitrogens with zero attached hydrogens (tertiary/aromatic N) is 2. The average molecular weight is 340 g/mol. The van der Waals surface area contributed by atoms with Crippen molar-refractivity contribution in [1.29, 1.82) is 5.26 Å². The maximum absolute atomic E-state index is 9.18. The van der Waals surface area contributed by atoms with Crippen LogP contribution in [0.5, 0.6) is 5.75 Å². The van der Waals surface area contributed by atoms with Crippen LogP contribution in [0.15, 0.2) is 59.0 Å². The molecule has 0 atom stereocenters. The molecule has 1 N–H and O–H groups in total. The fourth-order valence-corrected chi connectivity index (χ4v) is 2.28. The van der Waals surface area contributed by atoms with Gasteiger partial charge in [0, 0.05) is 11.6 Å². The third kappa shape index (κ3) is 4.06. The van der Waals surface area contributed by atoms with Gasteiger partial charge in [0.2, 0.25) is 17.5 Å². The Hall–Kier alpha value is -2.97. The van der Waals surface area contributed by atoms with Crippen LogP contribution in [0, 0.1) is 11.3 Å². The van der Waals surface area contributed by atoms with Gasteiger partial charge >= 0.3 is 0 Å². The third-order valence-electron chi connectivity index (χ3n) is 3.23. The topological polar surface area (TPSA) is 71.1 Å². The van der Waals surface area contributed by atoms with E-state index >= 15 is 0 Å². The van der Waals surface area contributed by atoms with Crippen LogP contribution in [0.25, 0.3) is 0 Å². The Labute approximate surface area is 144 Å². The van der Waals surface area contributed by atoms with E-state index in [1.165, 1.54) is 0 Å². The van der Waals surface area contributed by atoms with E-state index in [4.69, 9.17) is 20.8 Å². The second-order valence-electron chi connectivity index (χ2n) is 4.98. The SMILES string of the molecule is N#Cc1nc(COc2cccc(Cl)c2)oc1NCc1ccccc1. The second-order valence-corrected chi connectivity index (χ2v) is 5.42. The number of anilines is 1. The first-order valence-electron chi connectivity index (χ1n) is 7.30. The van der Waals surface area contributed by atoms with E-state index in [1.54, 1.807) is 24.3 Å². The molecule has 0 aliphatic carbocycles. The molecule has 120 valence electrons. The molecule has 1 heterocycles. The largest absolute Gasteiger partial charge is 0.484 e. The number of ether oxygens (including phenoxy) is 1. The molecular weight excluding hydrogens is 326 g/mol. The molecule has 0 spiro atoms. The Bertz CT molecular complexity index is 856. The molecule has 0 bridgehead atoms. The number of rotatable bonds is 6. The molecule has 0 amide bonds. The highest BCUT2D eigenvalue weighted by atomic mass is 35.5. The summed E-state index contributed by atoms with van der Waals surface area (Å²) >= 11 is 5.91. The Kier molecular flexibility index (Phi) is 4.99. The zero-order chi connectivity index (χ0) is 16.8. The van der Waals surface area contributed by atoms with Gasteiger partial charge in [0.15, 0.2) is 6.61 Å². The quantitative estimate of drug-likeness (QED) is 0.721. The van der Waals surface area contributed by atoms with Gasteiger partial charge in [0.1, 0.15) is 11.8 Å². The zero-order valence-corrected chi connectivity index (χ0v) is 13.5. The van der Waals surface area contributed by atoms with Gasteiger partial charge in [-0.05, 0) is 23.8 Å². The number of halogens is 1. The number of benzene rings is 2. The summed E-state index contributed by atoms with van der Waals surface area (Å²) in [5.74, 6) is 1.27. The van der Waals surface area contributed by atoms with E-state index in [0.717, 1.165) is 5.56 Å². The molecule has 0 aliphatic heterocycles. The van der Waals surface area contributed by atoms with Crippen molar-refractivity contribution in [1.82, 2.24) is 4.98 Å². The van der Waals surface area contributed by atoms with E-state index in [-0.39, 0.29) is 12.3 Å².